The van der Waals surface area contributed by atoms with Gasteiger partial charge in [0.2, 0.25) is 5.91 Å². The van der Waals surface area contributed by atoms with Gasteiger partial charge in [0.25, 0.3) is 5.91 Å². The summed E-state index contributed by atoms with van der Waals surface area (Å²) in [5.41, 5.74) is 1.36. The molecule has 2 rings (SSSR count). The van der Waals surface area contributed by atoms with E-state index in [0.717, 1.165) is 16.6 Å². The Balaban J connectivity index is 2.10. The standard InChI is InChI=1S/C16H17BrN2O2/c1-3-15(20)18(2)14-6-4-12(5-7-14)16(21)19-10-8-13(17)9-11-19/h3-8H,1,9-11H2,2H3. The molecular weight excluding hydrogens is 332 g/mol. The maximum Gasteiger partial charge on any atom is 0.254 e. The van der Waals surface area contributed by atoms with Gasteiger partial charge >= 0.3 is 0 Å². The first-order valence-corrected chi connectivity index (χ1v) is 7.46. The molecule has 0 aliphatic carbocycles. The first kappa shape index (κ1) is 15.5. The highest BCUT2D eigenvalue weighted by molar-refractivity contribution is 9.11. The van der Waals surface area contributed by atoms with Crippen LogP contribution in [-0.2, 0) is 4.79 Å². The number of hydrogen-bond acceptors (Lipinski definition) is 2. The van der Waals surface area contributed by atoms with E-state index in [9.17, 15) is 9.59 Å². The zero-order chi connectivity index (χ0) is 15.4. The van der Waals surface area contributed by atoms with Crippen LogP contribution in [0.1, 0.15) is 16.8 Å². The normalized spacial score (nSPS) is 14.4. The van der Waals surface area contributed by atoms with E-state index in [-0.39, 0.29) is 11.8 Å². The predicted octanol–water partition coefficient (Wildman–Crippen LogP) is 2.96. The average molecular weight is 349 g/mol. The largest absolute Gasteiger partial charge is 0.335 e. The summed E-state index contributed by atoms with van der Waals surface area (Å²) in [6.07, 6.45) is 4.11. The summed E-state index contributed by atoms with van der Waals surface area (Å²) < 4.78 is 1.14. The third-order valence-electron chi connectivity index (χ3n) is 3.45. The number of halogens is 1. The number of benzene rings is 1. The number of amides is 2. The monoisotopic (exact) mass is 348 g/mol. The fraction of sp³-hybridized carbons (Fsp3) is 0.250. The van der Waals surface area contributed by atoms with Gasteiger partial charge in [-0.15, -0.1) is 0 Å². The number of hydrogen-bond donors (Lipinski definition) is 0. The fourth-order valence-corrected chi connectivity index (χ4v) is 2.43. The summed E-state index contributed by atoms with van der Waals surface area (Å²) in [7, 11) is 1.67. The van der Waals surface area contributed by atoms with Crippen molar-refractivity contribution in [1.29, 1.82) is 0 Å². The lowest BCUT2D eigenvalue weighted by atomic mass is 10.1. The molecule has 0 spiro atoms. The van der Waals surface area contributed by atoms with Crippen molar-refractivity contribution in [2.45, 2.75) is 6.42 Å². The number of rotatable bonds is 3. The number of carbonyl (C=O) groups is 2. The summed E-state index contributed by atoms with van der Waals surface area (Å²) in [4.78, 5) is 27.2. The molecule has 2 amide bonds. The van der Waals surface area contributed by atoms with Crippen LogP contribution in [0.3, 0.4) is 0 Å². The molecule has 4 nitrogen and oxygen atoms in total. The van der Waals surface area contributed by atoms with Crippen LogP contribution < -0.4 is 4.90 Å². The molecule has 5 heteroatoms. The van der Waals surface area contributed by atoms with E-state index in [1.165, 1.54) is 11.0 Å². The SMILES string of the molecule is C=CC(=O)N(C)c1ccc(C(=O)N2CC=C(Br)CC2)cc1. The molecule has 1 aliphatic heterocycles. The molecule has 0 aromatic heterocycles. The minimum Gasteiger partial charge on any atom is -0.335 e. The molecule has 110 valence electrons. The lowest BCUT2D eigenvalue weighted by Crippen LogP contribution is -2.34. The summed E-state index contributed by atoms with van der Waals surface area (Å²) >= 11 is 3.44. The molecule has 0 radical (unpaired) electrons. The fourth-order valence-electron chi connectivity index (χ4n) is 2.10. The van der Waals surface area contributed by atoms with Crippen LogP contribution in [0.15, 0.2) is 47.5 Å². The Hall–Kier alpha value is -1.88. The zero-order valence-electron chi connectivity index (χ0n) is 11.9. The molecule has 0 N–H and O–H groups in total. The van der Waals surface area contributed by atoms with Crippen LogP contribution >= 0.6 is 15.9 Å². The molecular formula is C16H17BrN2O2. The summed E-state index contributed by atoms with van der Waals surface area (Å²) in [5, 5.41) is 0. The topological polar surface area (TPSA) is 40.6 Å². The van der Waals surface area contributed by atoms with Gasteiger partial charge in [0.1, 0.15) is 0 Å². The van der Waals surface area contributed by atoms with Crippen LogP contribution in [0.5, 0.6) is 0 Å². The Kier molecular flexibility index (Phi) is 4.96. The quantitative estimate of drug-likeness (QED) is 0.788. The van der Waals surface area contributed by atoms with Gasteiger partial charge in [-0.25, -0.2) is 0 Å². The molecule has 1 heterocycles. The third kappa shape index (κ3) is 3.61. The van der Waals surface area contributed by atoms with Crippen LogP contribution in [0, 0.1) is 0 Å². The van der Waals surface area contributed by atoms with Crippen molar-refractivity contribution >= 4 is 33.4 Å². The average Bonchev–Trinajstić information content (AvgIpc) is 2.53. The molecule has 1 aromatic rings. The molecule has 0 saturated carbocycles. The Labute approximate surface area is 132 Å². The maximum atomic E-state index is 12.4. The van der Waals surface area contributed by atoms with Crippen molar-refractivity contribution in [1.82, 2.24) is 4.90 Å². The van der Waals surface area contributed by atoms with Crippen LogP contribution in [0.25, 0.3) is 0 Å². The highest BCUT2D eigenvalue weighted by Gasteiger charge is 2.18. The third-order valence-corrected chi connectivity index (χ3v) is 4.17. The smallest absolute Gasteiger partial charge is 0.254 e. The van der Waals surface area contributed by atoms with Gasteiger partial charge < -0.3 is 9.80 Å². The summed E-state index contributed by atoms with van der Waals surface area (Å²) in [5.74, 6) is -0.171. The van der Waals surface area contributed by atoms with Crippen molar-refractivity contribution in [3.8, 4) is 0 Å². The van der Waals surface area contributed by atoms with Crippen molar-refractivity contribution < 1.29 is 9.59 Å². The van der Waals surface area contributed by atoms with Gasteiger partial charge in [-0.2, -0.15) is 0 Å². The molecule has 0 bridgehead atoms. The van der Waals surface area contributed by atoms with Gasteiger partial charge in [0, 0.05) is 31.4 Å². The first-order chi connectivity index (χ1) is 10.0. The second-order valence-electron chi connectivity index (χ2n) is 4.80. The van der Waals surface area contributed by atoms with Gasteiger partial charge in [-0.3, -0.25) is 9.59 Å². The molecule has 1 aliphatic rings. The zero-order valence-corrected chi connectivity index (χ0v) is 13.5. The van der Waals surface area contributed by atoms with E-state index in [1.54, 1.807) is 36.2 Å². The van der Waals surface area contributed by atoms with Crippen LogP contribution in [-0.4, -0.2) is 36.9 Å². The Bertz CT molecular complexity index is 593. The second kappa shape index (κ2) is 6.72. The predicted molar refractivity (Wildman–Crippen MR) is 87.6 cm³/mol. The minimum absolute atomic E-state index is 0.00972. The maximum absolute atomic E-state index is 12.4. The first-order valence-electron chi connectivity index (χ1n) is 6.67. The summed E-state index contributed by atoms with van der Waals surface area (Å²) in [6.45, 7) is 4.79. The van der Waals surface area contributed by atoms with Gasteiger partial charge in [-0.1, -0.05) is 28.6 Å². The van der Waals surface area contributed by atoms with Gasteiger partial charge in [0.15, 0.2) is 0 Å². The van der Waals surface area contributed by atoms with Crippen molar-refractivity contribution in [3.63, 3.8) is 0 Å². The van der Waals surface area contributed by atoms with E-state index in [4.69, 9.17) is 0 Å². The number of carbonyl (C=O) groups excluding carboxylic acids is 2. The highest BCUT2D eigenvalue weighted by atomic mass is 79.9. The lowest BCUT2D eigenvalue weighted by Gasteiger charge is -2.25. The summed E-state index contributed by atoms with van der Waals surface area (Å²) in [6, 6.07) is 7.03. The number of nitrogens with zero attached hydrogens (tertiary/aromatic N) is 2. The molecule has 0 unspecified atom stereocenters. The van der Waals surface area contributed by atoms with Crippen molar-refractivity contribution in [2.75, 3.05) is 25.0 Å². The molecule has 0 atom stereocenters. The van der Waals surface area contributed by atoms with E-state index >= 15 is 0 Å². The molecule has 1 aromatic carbocycles. The molecule has 21 heavy (non-hydrogen) atoms. The van der Waals surface area contributed by atoms with Crippen molar-refractivity contribution in [3.05, 3.63) is 53.0 Å². The molecule has 0 fully saturated rings. The second-order valence-corrected chi connectivity index (χ2v) is 5.82. The van der Waals surface area contributed by atoms with Gasteiger partial charge in [0.05, 0.1) is 0 Å². The van der Waals surface area contributed by atoms with Crippen LogP contribution in [0.2, 0.25) is 0 Å². The van der Waals surface area contributed by atoms with E-state index in [1.807, 2.05) is 6.08 Å². The number of anilines is 1. The van der Waals surface area contributed by atoms with Gasteiger partial charge in [-0.05, 0) is 41.2 Å². The number of likely N-dealkylation sites (N-methyl/N-ethyl adjacent to an activating group) is 1. The molecule has 0 saturated heterocycles. The van der Waals surface area contributed by atoms with E-state index in [0.29, 0.717) is 18.7 Å². The highest BCUT2D eigenvalue weighted by Crippen LogP contribution is 2.19. The Morgan fingerprint density at radius 2 is 2.00 bits per heavy atom. The van der Waals surface area contributed by atoms with E-state index in [2.05, 4.69) is 22.5 Å². The van der Waals surface area contributed by atoms with Crippen LogP contribution in [0.4, 0.5) is 5.69 Å². The van der Waals surface area contributed by atoms with Crippen molar-refractivity contribution in [2.24, 2.45) is 0 Å². The lowest BCUT2D eigenvalue weighted by molar-refractivity contribution is -0.113. The minimum atomic E-state index is -0.180. The van der Waals surface area contributed by atoms with E-state index < -0.39 is 0 Å². The Morgan fingerprint density at radius 1 is 1.33 bits per heavy atom. The Morgan fingerprint density at radius 3 is 2.52 bits per heavy atom.